The average Bonchev–Trinajstić information content (AvgIpc) is 3.33. The molecule has 5 rings (SSSR count). The molecule has 0 aromatic rings. The van der Waals surface area contributed by atoms with E-state index in [1.165, 1.54) is 0 Å². The second kappa shape index (κ2) is 26.2. The van der Waals surface area contributed by atoms with E-state index in [4.69, 9.17) is 47.2 Å². The predicted molar refractivity (Wildman–Crippen MR) is 229 cm³/mol. The van der Waals surface area contributed by atoms with Gasteiger partial charge in [0.15, 0.2) is 25.2 Å². The minimum Gasteiger partial charge on any atom is -0.477 e. The number of hydrogen-bond donors (Lipinski definition) is 19. The Bertz CT molecular complexity index is 2030. The van der Waals surface area contributed by atoms with Crippen LogP contribution in [0.15, 0.2) is 0 Å². The highest BCUT2D eigenvalue weighted by Gasteiger charge is 2.59. The molecular formula is C39H65N3O32S. The number of hydrogen-bond acceptors (Lipinski definition) is 30. The Kier molecular flexibility index (Phi) is 21.9. The van der Waals surface area contributed by atoms with Crippen molar-refractivity contribution < 1.29 is 156 Å². The number of carbonyl (C=O) groups excluding carboxylic acids is 3. The van der Waals surface area contributed by atoms with Crippen LogP contribution in [-0.2, 0) is 76.4 Å². The Morgan fingerprint density at radius 1 is 0.600 bits per heavy atom. The second-order valence-electron chi connectivity index (χ2n) is 18.1. The predicted octanol–water partition coefficient (Wildman–Crippen LogP) is -12.5. The van der Waals surface area contributed by atoms with Crippen molar-refractivity contribution in [3.8, 4) is 0 Å². The molecule has 3 amide bonds. The molecule has 0 radical (unpaired) electrons. The van der Waals surface area contributed by atoms with Crippen LogP contribution in [0.4, 0.5) is 0 Å². The third-order valence-electron chi connectivity index (χ3n) is 12.7. The van der Waals surface area contributed by atoms with Gasteiger partial charge in [-0.25, -0.2) is 8.98 Å². The molecule has 0 aromatic heterocycles. The molecule has 0 aliphatic carbocycles. The van der Waals surface area contributed by atoms with Crippen LogP contribution in [0, 0.1) is 0 Å². The molecule has 434 valence electrons. The van der Waals surface area contributed by atoms with Gasteiger partial charge in [0.25, 0.3) is 5.79 Å². The third kappa shape index (κ3) is 14.8. The highest BCUT2D eigenvalue weighted by atomic mass is 32.3. The fraction of sp³-hybridized carbons (Fsp3) is 0.897. The summed E-state index contributed by atoms with van der Waals surface area (Å²) in [5.41, 5.74) is 0. The highest BCUT2D eigenvalue weighted by Crippen LogP contribution is 2.37. The summed E-state index contributed by atoms with van der Waals surface area (Å²) < 4.78 is 86.3. The normalized spacial score (nSPS) is 43.5. The lowest BCUT2D eigenvalue weighted by molar-refractivity contribution is -0.377. The average molecular weight is 1120 g/mol. The number of carboxylic acid groups (broad SMARTS) is 1. The van der Waals surface area contributed by atoms with E-state index in [9.17, 15) is 104 Å². The molecule has 26 atom stereocenters. The zero-order valence-corrected chi connectivity index (χ0v) is 40.6. The summed E-state index contributed by atoms with van der Waals surface area (Å²) in [6.45, 7) is -2.64. The van der Waals surface area contributed by atoms with Crippen LogP contribution in [-0.4, -0.2) is 305 Å². The monoisotopic (exact) mass is 1120 g/mol. The maximum atomic E-state index is 12.8. The first-order valence-electron chi connectivity index (χ1n) is 22.9. The maximum absolute atomic E-state index is 12.8. The zero-order chi connectivity index (χ0) is 56.2. The lowest BCUT2D eigenvalue weighted by Crippen LogP contribution is -2.70. The number of aliphatic carboxylic acids is 1. The fourth-order valence-corrected chi connectivity index (χ4v) is 9.27. The first-order valence-corrected chi connectivity index (χ1v) is 24.2. The van der Waals surface area contributed by atoms with E-state index in [1.54, 1.807) is 0 Å². The van der Waals surface area contributed by atoms with E-state index in [-0.39, 0.29) is 0 Å². The minimum atomic E-state index is -5.13. The van der Waals surface area contributed by atoms with E-state index >= 15 is 0 Å². The van der Waals surface area contributed by atoms with Crippen LogP contribution in [0.2, 0.25) is 0 Å². The van der Waals surface area contributed by atoms with E-state index in [1.807, 2.05) is 0 Å². The quantitative estimate of drug-likeness (QED) is 0.0475. The van der Waals surface area contributed by atoms with E-state index < -0.39 is 232 Å². The molecule has 5 aliphatic rings. The molecule has 19 N–H and O–H groups in total. The standard InChI is InChI=1S/C39H65N3O32S/c1-10(46)40-19-13(49)4-39(38(60)61,74-32(19)22(51)14(50)5-43)65-8-17-25(54)31(21(34(59)67-17)42-12(3)48)72-37-29(58)33(24(53)15(6-44)68-37)73-35-20(41-11(2)47)26(55)30(16(7-45)69-35)71-36-28(57)27(56)23(52)18(70-36)9-66-75(62,63)64/h13-37,43-45,49-59H,4-9H2,1-3H3,(H,40,46)(H,41,47)(H,42,48)(H,60,61)(H,62,63,64)/t13-,14+,15+,16+,17+,18+,19+,20+,21+,22+,23-,24-,25-,26+,27-,28+,29+,30+,31+,32+,33-,34-,35-,36-,37-,39+/m0/s1. The van der Waals surface area contributed by atoms with Crippen LogP contribution in [0.3, 0.4) is 0 Å². The van der Waals surface area contributed by atoms with Gasteiger partial charge < -0.3 is 135 Å². The van der Waals surface area contributed by atoms with Crippen LogP contribution in [0.1, 0.15) is 27.2 Å². The highest BCUT2D eigenvalue weighted by molar-refractivity contribution is 7.80. The third-order valence-corrected chi connectivity index (χ3v) is 13.1. The Morgan fingerprint density at radius 3 is 1.67 bits per heavy atom. The number of ether oxygens (including phenoxy) is 9. The molecule has 0 bridgehead atoms. The van der Waals surface area contributed by atoms with Gasteiger partial charge in [-0.05, 0) is 0 Å². The number of aliphatic hydroxyl groups excluding tert-OH is 14. The number of carboxylic acids is 1. The number of amides is 3. The van der Waals surface area contributed by atoms with Gasteiger partial charge >= 0.3 is 16.4 Å². The van der Waals surface area contributed by atoms with Crippen LogP contribution >= 0.6 is 0 Å². The summed E-state index contributed by atoms with van der Waals surface area (Å²) in [5.74, 6) is -7.56. The lowest BCUT2D eigenvalue weighted by atomic mass is 9.88. The molecule has 36 heteroatoms. The molecule has 5 fully saturated rings. The molecule has 0 spiro atoms. The molecule has 75 heavy (non-hydrogen) atoms. The largest absolute Gasteiger partial charge is 0.477 e. The van der Waals surface area contributed by atoms with Crippen molar-refractivity contribution in [2.24, 2.45) is 0 Å². The van der Waals surface area contributed by atoms with E-state index in [2.05, 4.69) is 20.1 Å². The van der Waals surface area contributed by atoms with Gasteiger partial charge in [0.1, 0.15) is 116 Å². The topological polar surface area (TPSA) is 554 Å². The Morgan fingerprint density at radius 2 is 1.11 bits per heavy atom. The van der Waals surface area contributed by atoms with Crippen molar-refractivity contribution in [2.75, 3.05) is 33.0 Å². The van der Waals surface area contributed by atoms with Gasteiger partial charge in [-0.2, -0.15) is 8.42 Å². The molecule has 35 nitrogen and oxygen atoms in total. The van der Waals surface area contributed by atoms with Gasteiger partial charge in [0, 0.05) is 27.2 Å². The summed E-state index contributed by atoms with van der Waals surface area (Å²) in [6, 6.07) is -5.26. The van der Waals surface area contributed by atoms with Gasteiger partial charge in [-0.15, -0.1) is 0 Å². The second-order valence-corrected chi connectivity index (χ2v) is 19.2. The summed E-state index contributed by atoms with van der Waals surface area (Å²) in [7, 11) is -5.13. The Balaban J connectivity index is 1.39. The first-order chi connectivity index (χ1) is 35.0. The molecule has 0 saturated carbocycles. The van der Waals surface area contributed by atoms with E-state index in [0.717, 1.165) is 20.8 Å². The van der Waals surface area contributed by atoms with Crippen LogP contribution in [0.5, 0.6) is 0 Å². The van der Waals surface area contributed by atoms with Crippen molar-refractivity contribution in [1.82, 2.24) is 16.0 Å². The summed E-state index contributed by atoms with van der Waals surface area (Å²) in [6.07, 6.45) is -46.1. The minimum absolute atomic E-state index is 0.796. The van der Waals surface area contributed by atoms with Crippen molar-refractivity contribution in [3.63, 3.8) is 0 Å². The number of rotatable bonds is 21. The lowest BCUT2D eigenvalue weighted by Gasteiger charge is -2.50. The molecule has 5 saturated heterocycles. The number of carbonyl (C=O) groups is 4. The van der Waals surface area contributed by atoms with E-state index in [0.29, 0.717) is 0 Å². The molecule has 0 aromatic carbocycles. The number of aliphatic hydroxyl groups is 14. The first kappa shape index (κ1) is 62.7. The van der Waals surface area contributed by atoms with Gasteiger partial charge in [-0.3, -0.25) is 18.9 Å². The van der Waals surface area contributed by atoms with Crippen LogP contribution in [0.25, 0.3) is 0 Å². The van der Waals surface area contributed by atoms with Crippen molar-refractivity contribution in [1.29, 1.82) is 0 Å². The summed E-state index contributed by atoms with van der Waals surface area (Å²) in [4.78, 5) is 49.6. The van der Waals surface area contributed by atoms with Gasteiger partial charge in [0.05, 0.1) is 45.2 Å². The summed E-state index contributed by atoms with van der Waals surface area (Å²) >= 11 is 0. The molecule has 5 heterocycles. The van der Waals surface area contributed by atoms with Crippen LogP contribution < -0.4 is 16.0 Å². The number of nitrogens with one attached hydrogen (secondary N) is 3. The molecular weight excluding hydrogens is 1050 g/mol. The zero-order valence-electron chi connectivity index (χ0n) is 39.8. The maximum Gasteiger partial charge on any atom is 0.397 e. The van der Waals surface area contributed by atoms with Crippen molar-refractivity contribution in [2.45, 2.75) is 186 Å². The van der Waals surface area contributed by atoms with Gasteiger partial charge in [0.2, 0.25) is 17.7 Å². The molecule has 5 aliphatic heterocycles. The SMILES string of the molecule is CC(=O)N[C@@H]1[C@@H](O[C@@H]2O[C@H](CO)[C@H](O)[C@H](O[C@@H]3O[C@H](CO)[C@@H](O[C@@H]4O[C@H](COS(=O)(=O)O)[C@H](O)[C@H](O)[C@H]4O)[C@H](O)[C@H]3NC(C)=O)[C@H]2O)[C@@H](O)[C@@H](CO[C@]2(C(=O)O)C[C@H](O)[C@@H](NC(C)=O)[C@H]([C@H](O)[C@H](O)CO)O2)O[C@@H]1O. The Hall–Kier alpha value is -3.17. The smallest absolute Gasteiger partial charge is 0.397 e. The van der Waals surface area contributed by atoms with Crippen molar-refractivity contribution in [3.05, 3.63) is 0 Å². The Labute approximate surface area is 424 Å². The summed E-state index contributed by atoms with van der Waals surface area (Å²) in [5, 5.41) is 168. The molecule has 0 unspecified atom stereocenters. The van der Waals surface area contributed by atoms with Gasteiger partial charge in [-0.1, -0.05) is 0 Å². The fourth-order valence-electron chi connectivity index (χ4n) is 8.97. The van der Waals surface area contributed by atoms with Crippen molar-refractivity contribution >= 4 is 34.1 Å².